The van der Waals surface area contributed by atoms with E-state index in [4.69, 9.17) is 0 Å². The molecule has 84 valence electrons. The van der Waals surface area contributed by atoms with Crippen molar-refractivity contribution in [1.82, 2.24) is 0 Å². The monoisotopic (exact) mass is 242 g/mol. The Bertz CT molecular complexity index is 542. The van der Waals surface area contributed by atoms with E-state index < -0.39 is 20.6 Å². The maximum Gasteiger partial charge on any atom is 0.305 e. The molecule has 1 rings (SSSR count). The molecule has 0 spiro atoms. The maximum atomic E-state index is 11.4. The van der Waals surface area contributed by atoms with Gasteiger partial charge in [0.1, 0.15) is 0 Å². The molecule has 0 unspecified atom stereocenters. The number of carbonyl (C=O) groups excluding carboxylic acids is 1. The lowest BCUT2D eigenvalue weighted by molar-refractivity contribution is -0.458. The molecule has 0 aliphatic carbocycles. The quantitative estimate of drug-likeness (QED) is 0.333. The van der Waals surface area contributed by atoms with Crippen LogP contribution in [-0.2, 0) is 14.6 Å². The van der Waals surface area contributed by atoms with E-state index >= 15 is 0 Å². The minimum Gasteiger partial charge on any atom is -0.263 e. The number of sulfone groups is 1. The molecule has 0 amide bonds. The third kappa shape index (κ3) is 2.97. The lowest BCUT2D eigenvalue weighted by Gasteiger charge is -1.99. The van der Waals surface area contributed by atoms with Gasteiger partial charge in [-0.1, -0.05) is 0 Å². The first-order valence-corrected chi connectivity index (χ1v) is 5.63. The summed E-state index contributed by atoms with van der Waals surface area (Å²) in [6, 6.07) is 4.82. The smallest absolute Gasteiger partial charge is 0.263 e. The number of nitrogens with zero attached hydrogens (tertiary/aromatic N) is 2. The fourth-order valence-electron chi connectivity index (χ4n) is 0.994. The van der Waals surface area contributed by atoms with Crippen molar-refractivity contribution in [1.29, 1.82) is 0 Å². The molecule has 8 heteroatoms. The molecule has 0 fully saturated rings. The Morgan fingerprint density at radius 2 is 1.88 bits per heavy atom. The van der Waals surface area contributed by atoms with Crippen molar-refractivity contribution in [3.05, 3.63) is 34.4 Å². The molecule has 0 saturated heterocycles. The Morgan fingerprint density at radius 3 is 2.31 bits per heavy atom. The van der Waals surface area contributed by atoms with Gasteiger partial charge in [-0.2, -0.15) is 4.99 Å². The van der Waals surface area contributed by atoms with Crippen molar-refractivity contribution in [2.75, 3.05) is 5.88 Å². The fourth-order valence-corrected chi connectivity index (χ4v) is 1.97. The van der Waals surface area contributed by atoms with Crippen LogP contribution in [-0.4, -0.2) is 25.3 Å². The summed E-state index contributed by atoms with van der Waals surface area (Å²) in [5, 5.41) is 10.1. The van der Waals surface area contributed by atoms with Gasteiger partial charge in [-0.3, -0.25) is 10.1 Å². The van der Waals surface area contributed by atoms with Crippen LogP contribution in [0, 0.1) is 10.1 Å². The van der Waals surface area contributed by atoms with Crippen molar-refractivity contribution in [3.63, 3.8) is 0 Å². The van der Waals surface area contributed by atoms with E-state index in [0.717, 1.165) is 12.1 Å². The minimum atomic E-state index is -3.93. The van der Waals surface area contributed by atoms with Crippen LogP contribution in [0.1, 0.15) is 0 Å². The van der Waals surface area contributed by atoms with Gasteiger partial charge in [0.2, 0.25) is 15.9 Å². The van der Waals surface area contributed by atoms with Crippen LogP contribution in [0.15, 0.2) is 34.2 Å². The summed E-state index contributed by atoms with van der Waals surface area (Å²) in [4.78, 5) is 22.2. The van der Waals surface area contributed by atoms with Crippen LogP contribution < -0.4 is 0 Å². The number of nitro groups is 1. The molecule has 16 heavy (non-hydrogen) atoms. The molecule has 0 aliphatic heterocycles. The minimum absolute atomic E-state index is 0.186. The summed E-state index contributed by atoms with van der Waals surface area (Å²) in [5.74, 6) is -1.16. The number of hydrogen-bond donors (Lipinski definition) is 0. The van der Waals surface area contributed by atoms with Crippen molar-refractivity contribution < 1.29 is 18.1 Å². The molecule has 0 saturated carbocycles. The van der Waals surface area contributed by atoms with Gasteiger partial charge in [-0.25, -0.2) is 13.2 Å². The number of benzene rings is 1. The molecule has 0 aromatic heterocycles. The van der Waals surface area contributed by atoms with E-state index in [1.165, 1.54) is 18.2 Å². The zero-order valence-corrected chi connectivity index (χ0v) is 8.68. The van der Waals surface area contributed by atoms with Crippen LogP contribution in [0.5, 0.6) is 0 Å². The number of aliphatic imine (C=N–C) groups is 1. The lowest BCUT2D eigenvalue weighted by Crippen LogP contribution is -2.14. The van der Waals surface area contributed by atoms with Gasteiger partial charge in [0, 0.05) is 4.92 Å². The van der Waals surface area contributed by atoms with E-state index in [0.29, 0.717) is 0 Å². The molecular weight excluding hydrogens is 236 g/mol. The Morgan fingerprint density at radius 1 is 1.31 bits per heavy atom. The zero-order chi connectivity index (χ0) is 12.2. The second kappa shape index (κ2) is 4.65. The second-order valence-electron chi connectivity index (χ2n) is 2.77. The van der Waals surface area contributed by atoms with Gasteiger partial charge >= 0.3 is 5.88 Å². The van der Waals surface area contributed by atoms with Gasteiger partial charge in [-0.15, -0.1) is 0 Å². The zero-order valence-electron chi connectivity index (χ0n) is 7.86. The summed E-state index contributed by atoms with van der Waals surface area (Å²) in [6.07, 6.45) is 1.29. The Kier molecular flexibility index (Phi) is 3.49. The third-order valence-corrected chi connectivity index (χ3v) is 3.19. The van der Waals surface area contributed by atoms with Gasteiger partial charge in [0.15, 0.2) is 0 Å². The highest BCUT2D eigenvalue weighted by Gasteiger charge is 2.20. The summed E-state index contributed by atoms with van der Waals surface area (Å²) < 4.78 is 22.7. The normalized spacial score (nSPS) is 10.5. The predicted octanol–water partition coefficient (Wildman–Crippen LogP) is 0.662. The molecule has 0 heterocycles. The SMILES string of the molecule is O=C=Nc1ccc(S(=O)(=O)C[N+](=O)[O-])cc1. The van der Waals surface area contributed by atoms with E-state index in [9.17, 15) is 23.3 Å². The van der Waals surface area contributed by atoms with Crippen LogP contribution >= 0.6 is 0 Å². The molecule has 0 atom stereocenters. The molecule has 0 N–H and O–H groups in total. The first-order valence-electron chi connectivity index (χ1n) is 3.98. The molecular formula is C8H6N2O5S. The number of isocyanates is 1. The molecule has 0 radical (unpaired) electrons. The second-order valence-corrected chi connectivity index (χ2v) is 4.73. The maximum absolute atomic E-state index is 11.4. The molecule has 7 nitrogen and oxygen atoms in total. The molecule has 1 aromatic rings. The first kappa shape index (κ1) is 12.0. The summed E-state index contributed by atoms with van der Waals surface area (Å²) in [6.45, 7) is 0. The number of hydrogen-bond acceptors (Lipinski definition) is 6. The molecule has 0 bridgehead atoms. The Balaban J connectivity index is 3.06. The van der Waals surface area contributed by atoms with Gasteiger partial charge in [-0.05, 0) is 24.3 Å². The highest BCUT2D eigenvalue weighted by Crippen LogP contribution is 2.16. The molecule has 1 aromatic carbocycles. The Labute approximate surface area is 90.5 Å². The van der Waals surface area contributed by atoms with Crippen LogP contribution in [0.3, 0.4) is 0 Å². The number of rotatable bonds is 4. The van der Waals surface area contributed by atoms with E-state index in [-0.39, 0.29) is 10.6 Å². The van der Waals surface area contributed by atoms with Crippen molar-refractivity contribution in [2.24, 2.45) is 4.99 Å². The highest BCUT2D eigenvalue weighted by atomic mass is 32.2. The summed E-state index contributed by atoms with van der Waals surface area (Å²) >= 11 is 0. The average molecular weight is 242 g/mol. The topological polar surface area (TPSA) is 107 Å². The summed E-state index contributed by atoms with van der Waals surface area (Å²) in [7, 11) is -3.93. The predicted molar refractivity (Wildman–Crippen MR) is 53.3 cm³/mol. The average Bonchev–Trinajstić information content (AvgIpc) is 2.17. The van der Waals surface area contributed by atoms with Gasteiger partial charge in [0.25, 0.3) is 0 Å². The van der Waals surface area contributed by atoms with E-state index in [2.05, 4.69) is 4.99 Å². The highest BCUT2D eigenvalue weighted by molar-refractivity contribution is 7.91. The van der Waals surface area contributed by atoms with E-state index in [1.807, 2.05) is 0 Å². The van der Waals surface area contributed by atoms with Crippen molar-refractivity contribution >= 4 is 21.6 Å². The fraction of sp³-hybridized carbons (Fsp3) is 0.125. The first-order chi connectivity index (χ1) is 7.45. The van der Waals surface area contributed by atoms with Gasteiger partial charge in [0.05, 0.1) is 10.6 Å². The van der Waals surface area contributed by atoms with Crippen LogP contribution in [0.2, 0.25) is 0 Å². The Hall–Kier alpha value is -2.05. The van der Waals surface area contributed by atoms with Crippen molar-refractivity contribution in [3.8, 4) is 0 Å². The standard InChI is InChI=1S/C8H6N2O5S/c11-5-9-7-1-3-8(4-2-7)16(14,15)6-10(12)13/h1-4H,6H2. The molecule has 0 aliphatic rings. The third-order valence-electron chi connectivity index (χ3n) is 1.65. The van der Waals surface area contributed by atoms with Gasteiger partial charge < -0.3 is 0 Å². The largest absolute Gasteiger partial charge is 0.305 e. The lowest BCUT2D eigenvalue weighted by atomic mass is 10.3. The summed E-state index contributed by atoms with van der Waals surface area (Å²) in [5.41, 5.74) is 0.232. The van der Waals surface area contributed by atoms with Crippen LogP contribution in [0.4, 0.5) is 5.69 Å². The van der Waals surface area contributed by atoms with E-state index in [1.54, 1.807) is 0 Å². The van der Waals surface area contributed by atoms with Crippen LogP contribution in [0.25, 0.3) is 0 Å². The van der Waals surface area contributed by atoms with Crippen molar-refractivity contribution in [2.45, 2.75) is 4.90 Å².